The summed E-state index contributed by atoms with van der Waals surface area (Å²) in [5.74, 6) is -0.819. The highest BCUT2D eigenvalue weighted by molar-refractivity contribution is 8.00. The van der Waals surface area contributed by atoms with Crippen LogP contribution >= 0.6 is 23.4 Å². The lowest BCUT2D eigenvalue weighted by Crippen LogP contribution is -2.19. The van der Waals surface area contributed by atoms with Gasteiger partial charge in [0.05, 0.1) is 17.3 Å². The number of carbonyl (C=O) groups excluding carboxylic acids is 2. The largest absolute Gasteiger partial charge is 0.465 e. The van der Waals surface area contributed by atoms with Crippen molar-refractivity contribution in [3.8, 4) is 0 Å². The van der Waals surface area contributed by atoms with Crippen LogP contribution in [0.4, 0.5) is 10.1 Å². The quantitative estimate of drug-likeness (QED) is 0.493. The molecule has 0 aliphatic heterocycles. The Bertz CT molecular complexity index is 623. The predicted molar refractivity (Wildman–Crippen MR) is 101 cm³/mol. The Morgan fingerprint density at radius 3 is 2.40 bits per heavy atom. The SMILES string of the molecule is CC(C)COC(=O)C(C)Sc1cc(NC(=O)CC(C)C)c(F)cc1Cl. The second kappa shape index (κ2) is 10.0. The molecule has 1 atom stereocenters. The van der Waals surface area contributed by atoms with Crippen LogP contribution in [0.25, 0.3) is 0 Å². The molecule has 0 bridgehead atoms. The number of thioether (sulfide) groups is 1. The van der Waals surface area contributed by atoms with Crippen molar-refractivity contribution in [2.75, 3.05) is 11.9 Å². The predicted octanol–water partition coefficient (Wildman–Crippen LogP) is 5.14. The minimum Gasteiger partial charge on any atom is -0.465 e. The molecule has 7 heteroatoms. The molecule has 140 valence electrons. The fourth-order valence-electron chi connectivity index (χ4n) is 1.89. The Morgan fingerprint density at radius 1 is 1.20 bits per heavy atom. The van der Waals surface area contributed by atoms with E-state index >= 15 is 0 Å². The highest BCUT2D eigenvalue weighted by Crippen LogP contribution is 2.35. The first kappa shape index (κ1) is 21.8. The van der Waals surface area contributed by atoms with Crippen molar-refractivity contribution in [2.24, 2.45) is 11.8 Å². The summed E-state index contributed by atoms with van der Waals surface area (Å²) < 4.78 is 19.2. The third kappa shape index (κ3) is 7.65. The minimum absolute atomic E-state index is 0.0558. The Kier molecular flexibility index (Phi) is 8.73. The van der Waals surface area contributed by atoms with E-state index in [2.05, 4.69) is 5.32 Å². The molecule has 1 amide bonds. The first-order valence-corrected chi connectivity index (χ1v) is 9.48. The Hall–Kier alpha value is -1.27. The molecule has 1 unspecified atom stereocenters. The summed E-state index contributed by atoms with van der Waals surface area (Å²) in [6, 6.07) is 2.59. The van der Waals surface area contributed by atoms with Crippen LogP contribution in [0.15, 0.2) is 17.0 Å². The van der Waals surface area contributed by atoms with E-state index < -0.39 is 11.1 Å². The lowest BCUT2D eigenvalue weighted by molar-refractivity contribution is -0.143. The van der Waals surface area contributed by atoms with Crippen LogP contribution in [-0.4, -0.2) is 23.7 Å². The van der Waals surface area contributed by atoms with E-state index in [1.165, 1.54) is 17.8 Å². The Morgan fingerprint density at radius 2 is 1.84 bits per heavy atom. The van der Waals surface area contributed by atoms with Crippen molar-refractivity contribution in [3.63, 3.8) is 0 Å². The highest BCUT2D eigenvalue weighted by atomic mass is 35.5. The molecule has 0 aromatic heterocycles. The molecular formula is C18H25ClFNO3S. The molecule has 0 fully saturated rings. The van der Waals surface area contributed by atoms with Gasteiger partial charge in [-0.1, -0.05) is 39.3 Å². The van der Waals surface area contributed by atoms with Crippen molar-refractivity contribution >= 4 is 40.9 Å². The second-order valence-corrected chi connectivity index (χ2v) is 8.48. The van der Waals surface area contributed by atoms with Crippen LogP contribution in [0.3, 0.4) is 0 Å². The molecule has 0 saturated heterocycles. The molecule has 1 aromatic rings. The maximum Gasteiger partial charge on any atom is 0.319 e. The molecule has 0 aliphatic carbocycles. The van der Waals surface area contributed by atoms with Gasteiger partial charge in [0.1, 0.15) is 11.1 Å². The molecular weight excluding hydrogens is 365 g/mol. The van der Waals surface area contributed by atoms with E-state index in [1.54, 1.807) is 6.92 Å². The number of ether oxygens (including phenoxy) is 1. The van der Waals surface area contributed by atoms with E-state index in [1.807, 2.05) is 27.7 Å². The van der Waals surface area contributed by atoms with Crippen LogP contribution in [0.5, 0.6) is 0 Å². The van der Waals surface area contributed by atoms with Gasteiger partial charge in [0.15, 0.2) is 0 Å². The lowest BCUT2D eigenvalue weighted by atomic mass is 10.1. The van der Waals surface area contributed by atoms with Crippen molar-refractivity contribution in [1.82, 2.24) is 0 Å². The molecule has 0 heterocycles. The maximum absolute atomic E-state index is 14.0. The number of esters is 1. The standard InChI is InChI=1S/C18H25ClFNO3S/c1-10(2)6-17(22)21-15-8-16(13(19)7-14(15)20)25-12(5)18(23)24-9-11(3)4/h7-8,10-12H,6,9H2,1-5H3,(H,21,22). The fourth-order valence-corrected chi connectivity index (χ4v) is 3.08. The topological polar surface area (TPSA) is 55.4 Å². The van der Waals surface area contributed by atoms with Gasteiger partial charge in [0.25, 0.3) is 0 Å². The number of halogens is 2. The molecule has 0 saturated carbocycles. The molecule has 0 spiro atoms. The normalized spacial score (nSPS) is 12.4. The van der Waals surface area contributed by atoms with Gasteiger partial charge in [0.2, 0.25) is 5.91 Å². The van der Waals surface area contributed by atoms with Gasteiger partial charge in [-0.05, 0) is 30.9 Å². The number of rotatable bonds is 8. The summed E-state index contributed by atoms with van der Waals surface area (Å²) in [5, 5.41) is 2.24. The number of hydrogen-bond donors (Lipinski definition) is 1. The van der Waals surface area contributed by atoms with E-state index in [9.17, 15) is 14.0 Å². The third-order valence-corrected chi connectivity index (χ3v) is 4.65. The smallest absolute Gasteiger partial charge is 0.319 e. The molecule has 0 aliphatic rings. The van der Waals surface area contributed by atoms with E-state index in [0.29, 0.717) is 17.9 Å². The van der Waals surface area contributed by atoms with Gasteiger partial charge in [-0.2, -0.15) is 0 Å². The number of benzene rings is 1. The monoisotopic (exact) mass is 389 g/mol. The first-order valence-electron chi connectivity index (χ1n) is 8.22. The maximum atomic E-state index is 14.0. The van der Waals surface area contributed by atoms with Gasteiger partial charge in [-0.15, -0.1) is 11.8 Å². The third-order valence-electron chi connectivity index (χ3n) is 3.08. The van der Waals surface area contributed by atoms with Gasteiger partial charge < -0.3 is 10.1 Å². The van der Waals surface area contributed by atoms with Gasteiger partial charge in [-0.3, -0.25) is 9.59 Å². The van der Waals surface area contributed by atoms with E-state index in [4.69, 9.17) is 16.3 Å². The van der Waals surface area contributed by atoms with Gasteiger partial charge in [-0.25, -0.2) is 4.39 Å². The van der Waals surface area contributed by atoms with Crippen LogP contribution < -0.4 is 5.32 Å². The number of anilines is 1. The highest BCUT2D eigenvalue weighted by Gasteiger charge is 2.20. The molecule has 1 N–H and O–H groups in total. The zero-order valence-corrected chi connectivity index (χ0v) is 16.8. The molecule has 1 rings (SSSR count). The van der Waals surface area contributed by atoms with Crippen molar-refractivity contribution in [1.29, 1.82) is 0 Å². The first-order chi connectivity index (χ1) is 11.6. The summed E-state index contributed by atoms with van der Waals surface area (Å²) in [4.78, 5) is 24.4. The van der Waals surface area contributed by atoms with Crippen molar-refractivity contribution in [2.45, 2.75) is 51.2 Å². The van der Waals surface area contributed by atoms with E-state index in [-0.39, 0.29) is 34.4 Å². The Labute approximate surface area is 157 Å². The number of carbonyl (C=O) groups is 2. The number of amides is 1. The van der Waals surface area contributed by atoms with Crippen molar-refractivity contribution < 1.29 is 18.7 Å². The summed E-state index contributed by atoms with van der Waals surface area (Å²) >= 11 is 7.24. The fraction of sp³-hybridized carbons (Fsp3) is 0.556. The molecule has 0 radical (unpaired) electrons. The summed E-state index contributed by atoms with van der Waals surface area (Å²) in [6.45, 7) is 9.76. The second-order valence-electron chi connectivity index (χ2n) is 6.69. The minimum atomic E-state index is -0.610. The number of nitrogens with one attached hydrogen (secondary N) is 1. The van der Waals surface area contributed by atoms with Crippen LogP contribution in [-0.2, 0) is 14.3 Å². The van der Waals surface area contributed by atoms with Crippen molar-refractivity contribution in [3.05, 3.63) is 23.0 Å². The lowest BCUT2D eigenvalue weighted by Gasteiger charge is -2.15. The molecule has 4 nitrogen and oxygen atoms in total. The van der Waals surface area contributed by atoms with Crippen LogP contribution in [0.1, 0.15) is 41.0 Å². The van der Waals surface area contributed by atoms with Crippen LogP contribution in [0, 0.1) is 17.7 Å². The number of hydrogen-bond acceptors (Lipinski definition) is 4. The molecule has 1 aromatic carbocycles. The van der Waals surface area contributed by atoms with Gasteiger partial charge >= 0.3 is 5.97 Å². The average molecular weight is 390 g/mol. The summed E-state index contributed by atoms with van der Waals surface area (Å²) in [6.07, 6.45) is 0.294. The zero-order valence-electron chi connectivity index (χ0n) is 15.2. The van der Waals surface area contributed by atoms with Gasteiger partial charge in [0, 0.05) is 11.3 Å². The average Bonchev–Trinajstić information content (AvgIpc) is 2.48. The van der Waals surface area contributed by atoms with Crippen LogP contribution in [0.2, 0.25) is 5.02 Å². The summed E-state index contributed by atoms with van der Waals surface area (Å²) in [5.41, 5.74) is 0.0558. The van der Waals surface area contributed by atoms with E-state index in [0.717, 1.165) is 6.07 Å². The Balaban J connectivity index is 2.84. The molecule has 25 heavy (non-hydrogen) atoms. The summed E-state index contributed by atoms with van der Waals surface area (Å²) in [7, 11) is 0. The zero-order chi connectivity index (χ0) is 19.1.